The van der Waals surface area contributed by atoms with E-state index in [9.17, 15) is 4.79 Å². The quantitative estimate of drug-likeness (QED) is 0.770. The number of ketones is 1. The van der Waals surface area contributed by atoms with Crippen molar-refractivity contribution in [3.63, 3.8) is 0 Å². The molecule has 0 bridgehead atoms. The second kappa shape index (κ2) is 5.26. The zero-order chi connectivity index (χ0) is 15.3. The standard InChI is InChI=1S/C17H20Cl2O2/c1-11-8-13(21-10-12-6-4-3-5-7-12)9-14-15(20)17(18,19)16(11,14)2/h3-7,11,13-14H,8-10H2,1-2H3/t11-,13+,14+,16+/m0/s1. The van der Waals surface area contributed by atoms with Crippen LogP contribution in [0.25, 0.3) is 0 Å². The highest BCUT2D eigenvalue weighted by atomic mass is 35.5. The summed E-state index contributed by atoms with van der Waals surface area (Å²) >= 11 is 12.5. The van der Waals surface area contributed by atoms with Gasteiger partial charge in [0.1, 0.15) is 0 Å². The maximum atomic E-state index is 12.2. The molecule has 1 aromatic rings. The fourth-order valence-electron chi connectivity index (χ4n) is 3.83. The number of hydrogen-bond donors (Lipinski definition) is 0. The lowest BCUT2D eigenvalue weighted by Gasteiger charge is -2.61. The molecule has 0 spiro atoms. The maximum Gasteiger partial charge on any atom is 0.182 e. The Bertz CT molecular complexity index is 543. The minimum atomic E-state index is -1.22. The molecule has 4 atom stereocenters. The predicted molar refractivity (Wildman–Crippen MR) is 84.5 cm³/mol. The van der Waals surface area contributed by atoms with E-state index in [-0.39, 0.29) is 29.1 Å². The number of benzene rings is 1. The number of fused-ring (bicyclic) bond motifs is 1. The van der Waals surface area contributed by atoms with Crippen molar-refractivity contribution < 1.29 is 9.53 Å². The van der Waals surface area contributed by atoms with Crippen LogP contribution in [-0.4, -0.2) is 16.2 Å². The molecular formula is C17H20Cl2O2. The number of ether oxygens (including phenoxy) is 1. The minimum absolute atomic E-state index is 0.0341. The van der Waals surface area contributed by atoms with Crippen LogP contribution in [0.5, 0.6) is 0 Å². The summed E-state index contributed by atoms with van der Waals surface area (Å²) in [6, 6.07) is 10.1. The maximum absolute atomic E-state index is 12.2. The van der Waals surface area contributed by atoms with E-state index in [4.69, 9.17) is 27.9 Å². The highest BCUT2D eigenvalue weighted by molar-refractivity contribution is 6.61. The Balaban J connectivity index is 1.66. The van der Waals surface area contributed by atoms with E-state index in [2.05, 4.69) is 6.92 Å². The Labute approximate surface area is 135 Å². The van der Waals surface area contributed by atoms with E-state index in [0.29, 0.717) is 6.61 Å². The van der Waals surface area contributed by atoms with Crippen LogP contribution in [0.1, 0.15) is 32.3 Å². The van der Waals surface area contributed by atoms with E-state index in [1.165, 1.54) is 0 Å². The van der Waals surface area contributed by atoms with Crippen molar-refractivity contribution in [2.75, 3.05) is 0 Å². The van der Waals surface area contributed by atoms with Crippen LogP contribution in [0.15, 0.2) is 30.3 Å². The van der Waals surface area contributed by atoms with Crippen LogP contribution >= 0.6 is 23.2 Å². The first-order chi connectivity index (χ1) is 9.87. The SMILES string of the molecule is C[C@H]1C[C@@H](OCc2ccccc2)C[C@@H]2C(=O)C(Cl)(Cl)[C@@]21C. The molecule has 0 radical (unpaired) electrons. The predicted octanol–water partition coefficient (Wildman–Crippen LogP) is 4.38. The number of carbonyl (C=O) groups is 1. The molecule has 1 aromatic carbocycles. The van der Waals surface area contributed by atoms with Crippen molar-refractivity contribution >= 4 is 29.0 Å². The molecule has 2 aliphatic carbocycles. The number of alkyl halides is 2. The van der Waals surface area contributed by atoms with E-state index >= 15 is 0 Å². The zero-order valence-corrected chi connectivity index (χ0v) is 13.8. The van der Waals surface area contributed by atoms with Gasteiger partial charge in [0, 0.05) is 11.3 Å². The molecule has 3 rings (SSSR count). The summed E-state index contributed by atoms with van der Waals surface area (Å²) in [5.74, 6) is 0.162. The number of Topliss-reactive ketones (excluding diaryl/α,β-unsaturated/α-hetero) is 1. The van der Waals surface area contributed by atoms with E-state index in [0.717, 1.165) is 18.4 Å². The molecule has 0 amide bonds. The summed E-state index contributed by atoms with van der Waals surface area (Å²) in [7, 11) is 0. The molecule has 2 aliphatic rings. The van der Waals surface area contributed by atoms with Crippen LogP contribution in [0, 0.1) is 17.3 Å². The first-order valence-electron chi connectivity index (χ1n) is 7.45. The lowest BCUT2D eigenvalue weighted by molar-refractivity contribution is -0.164. The lowest BCUT2D eigenvalue weighted by Crippen LogP contribution is -2.69. The summed E-state index contributed by atoms with van der Waals surface area (Å²) in [6.07, 6.45) is 1.73. The van der Waals surface area contributed by atoms with Gasteiger partial charge in [0.15, 0.2) is 10.1 Å². The molecular weight excluding hydrogens is 307 g/mol. The van der Waals surface area contributed by atoms with Crippen molar-refractivity contribution in [2.45, 2.75) is 43.7 Å². The molecule has 4 heteroatoms. The van der Waals surface area contributed by atoms with Gasteiger partial charge >= 0.3 is 0 Å². The molecule has 0 unspecified atom stereocenters. The van der Waals surface area contributed by atoms with Gasteiger partial charge in [-0.15, -0.1) is 0 Å². The normalized spacial score (nSPS) is 37.7. The third kappa shape index (κ3) is 2.23. The van der Waals surface area contributed by atoms with Gasteiger partial charge in [-0.05, 0) is 24.3 Å². The number of rotatable bonds is 3. The first kappa shape index (κ1) is 15.3. The smallest absolute Gasteiger partial charge is 0.182 e. The minimum Gasteiger partial charge on any atom is -0.374 e. The topological polar surface area (TPSA) is 26.3 Å². The number of carbonyl (C=O) groups excluding carboxylic acids is 1. The molecule has 114 valence electrons. The molecule has 2 saturated carbocycles. The molecule has 0 heterocycles. The molecule has 0 N–H and O–H groups in total. The van der Waals surface area contributed by atoms with Gasteiger partial charge in [-0.1, -0.05) is 67.4 Å². The summed E-state index contributed by atoms with van der Waals surface area (Å²) in [5, 5.41) is 0. The molecule has 2 fully saturated rings. The zero-order valence-electron chi connectivity index (χ0n) is 12.3. The first-order valence-corrected chi connectivity index (χ1v) is 8.20. The van der Waals surface area contributed by atoms with Crippen molar-refractivity contribution in [2.24, 2.45) is 17.3 Å². The van der Waals surface area contributed by atoms with Gasteiger partial charge in [0.05, 0.1) is 12.7 Å². The summed E-state index contributed by atoms with van der Waals surface area (Å²) in [6.45, 7) is 4.75. The summed E-state index contributed by atoms with van der Waals surface area (Å²) < 4.78 is 4.79. The van der Waals surface area contributed by atoms with Gasteiger partial charge in [-0.3, -0.25) is 4.79 Å². The average Bonchev–Trinajstić information content (AvgIpc) is 2.48. The van der Waals surface area contributed by atoms with Crippen LogP contribution in [-0.2, 0) is 16.1 Å². The summed E-state index contributed by atoms with van der Waals surface area (Å²) in [5.41, 5.74) is 0.835. The van der Waals surface area contributed by atoms with Gasteiger partial charge in [-0.25, -0.2) is 0 Å². The van der Waals surface area contributed by atoms with Crippen LogP contribution in [0.3, 0.4) is 0 Å². The Hall–Kier alpha value is -0.570. The Morgan fingerprint density at radius 1 is 1.24 bits per heavy atom. The molecule has 0 aliphatic heterocycles. The Morgan fingerprint density at radius 2 is 1.90 bits per heavy atom. The van der Waals surface area contributed by atoms with Gasteiger partial charge in [0.25, 0.3) is 0 Å². The van der Waals surface area contributed by atoms with Gasteiger partial charge in [-0.2, -0.15) is 0 Å². The fraction of sp³-hybridized carbons (Fsp3) is 0.588. The van der Waals surface area contributed by atoms with Gasteiger partial charge in [0.2, 0.25) is 0 Å². The number of halogens is 2. The molecule has 21 heavy (non-hydrogen) atoms. The van der Waals surface area contributed by atoms with Crippen LogP contribution < -0.4 is 0 Å². The highest BCUT2D eigenvalue weighted by Crippen LogP contribution is 2.66. The van der Waals surface area contributed by atoms with E-state index in [1.54, 1.807) is 0 Å². The second-order valence-corrected chi connectivity index (χ2v) is 7.89. The average molecular weight is 327 g/mol. The molecule has 0 saturated heterocycles. The Morgan fingerprint density at radius 3 is 2.57 bits per heavy atom. The third-order valence-corrected chi connectivity index (χ3v) is 6.68. The van der Waals surface area contributed by atoms with Crippen LogP contribution in [0.4, 0.5) is 0 Å². The third-order valence-electron chi connectivity index (χ3n) is 5.49. The Kier molecular flexibility index (Phi) is 3.84. The van der Waals surface area contributed by atoms with Crippen molar-refractivity contribution in [3.05, 3.63) is 35.9 Å². The van der Waals surface area contributed by atoms with E-state index < -0.39 is 4.33 Å². The van der Waals surface area contributed by atoms with Gasteiger partial charge < -0.3 is 4.74 Å². The van der Waals surface area contributed by atoms with Crippen molar-refractivity contribution in [1.82, 2.24) is 0 Å². The summed E-state index contributed by atoms with van der Waals surface area (Å²) in [4.78, 5) is 12.2. The highest BCUT2D eigenvalue weighted by Gasteiger charge is 2.72. The monoisotopic (exact) mass is 326 g/mol. The molecule has 0 aromatic heterocycles. The van der Waals surface area contributed by atoms with Crippen LogP contribution in [0.2, 0.25) is 0 Å². The number of hydrogen-bond acceptors (Lipinski definition) is 2. The largest absolute Gasteiger partial charge is 0.374 e. The molecule has 2 nitrogen and oxygen atoms in total. The van der Waals surface area contributed by atoms with Crippen molar-refractivity contribution in [3.8, 4) is 0 Å². The second-order valence-electron chi connectivity index (χ2n) is 6.56. The lowest BCUT2D eigenvalue weighted by atomic mass is 9.48. The van der Waals surface area contributed by atoms with E-state index in [1.807, 2.05) is 37.3 Å². The fourth-order valence-corrected chi connectivity index (χ4v) is 4.72. The van der Waals surface area contributed by atoms with Crippen molar-refractivity contribution in [1.29, 1.82) is 0 Å².